The summed E-state index contributed by atoms with van der Waals surface area (Å²) < 4.78 is 26.1. The van der Waals surface area contributed by atoms with Crippen LogP contribution in [0.4, 0.5) is 0 Å². The highest BCUT2D eigenvalue weighted by Crippen LogP contribution is 2.35. The van der Waals surface area contributed by atoms with Crippen molar-refractivity contribution in [2.75, 3.05) is 18.8 Å². The fraction of sp³-hybridized carbons (Fsp3) is 0.769. The smallest absolute Gasteiger partial charge is 0.244 e. The summed E-state index contributed by atoms with van der Waals surface area (Å²) in [5.41, 5.74) is 0. The van der Waals surface area contributed by atoms with Gasteiger partial charge in [-0.05, 0) is 23.3 Å². The number of hydrogen-bond acceptors (Lipinski definition) is 7. The van der Waals surface area contributed by atoms with E-state index < -0.39 is 21.1 Å². The molecule has 3 aliphatic rings. The van der Waals surface area contributed by atoms with Crippen molar-refractivity contribution >= 4 is 21.7 Å². The van der Waals surface area contributed by atoms with E-state index in [9.17, 15) is 18.0 Å². The first-order valence-electron chi connectivity index (χ1n) is 7.94. The minimum Gasteiger partial charge on any atom is -0.352 e. The summed E-state index contributed by atoms with van der Waals surface area (Å²) in [6, 6.07) is -0.404. The van der Waals surface area contributed by atoms with Gasteiger partial charge in [-0.15, -0.1) is 5.10 Å². The van der Waals surface area contributed by atoms with Crippen molar-refractivity contribution < 1.29 is 18.0 Å². The topological polar surface area (TPSA) is 127 Å². The minimum absolute atomic E-state index is 0.0222. The van der Waals surface area contributed by atoms with Gasteiger partial charge in [0.15, 0.2) is 9.84 Å². The van der Waals surface area contributed by atoms with Gasteiger partial charge in [0.25, 0.3) is 0 Å². The van der Waals surface area contributed by atoms with Gasteiger partial charge in [0.2, 0.25) is 11.8 Å². The molecule has 2 amide bonds. The van der Waals surface area contributed by atoms with E-state index in [1.54, 1.807) is 0 Å². The molecule has 24 heavy (non-hydrogen) atoms. The molecule has 10 nitrogen and oxygen atoms in total. The Labute approximate surface area is 138 Å². The maximum Gasteiger partial charge on any atom is 0.244 e. The first-order chi connectivity index (χ1) is 11.4. The van der Waals surface area contributed by atoms with Crippen LogP contribution in [0.15, 0.2) is 6.33 Å². The second kappa shape index (κ2) is 5.50. The quantitative estimate of drug-likeness (QED) is 0.651. The number of amides is 2. The molecule has 130 valence electrons. The highest BCUT2D eigenvalue weighted by Gasteiger charge is 2.53. The van der Waals surface area contributed by atoms with Crippen LogP contribution in [0.2, 0.25) is 0 Å². The predicted molar refractivity (Wildman–Crippen MR) is 80.1 cm³/mol. The molecule has 3 fully saturated rings. The van der Waals surface area contributed by atoms with Crippen LogP contribution in [0.25, 0.3) is 0 Å². The number of carbonyl (C=O) groups excluding carboxylic acids is 2. The van der Waals surface area contributed by atoms with E-state index in [4.69, 9.17) is 0 Å². The summed E-state index contributed by atoms with van der Waals surface area (Å²) in [5, 5.41) is 12.9. The molecule has 0 bridgehead atoms. The molecular weight excluding hydrogens is 336 g/mol. The molecule has 0 spiro atoms. The number of hydrogen-bond donors (Lipinski definition) is 1. The number of aromatic nitrogens is 4. The lowest BCUT2D eigenvalue weighted by atomic mass is 10.0. The molecule has 2 saturated heterocycles. The minimum atomic E-state index is -3.31. The van der Waals surface area contributed by atoms with E-state index in [0.29, 0.717) is 6.54 Å². The zero-order valence-electron chi connectivity index (χ0n) is 12.9. The van der Waals surface area contributed by atoms with E-state index in [1.807, 2.05) is 0 Å². The van der Waals surface area contributed by atoms with Crippen LogP contribution in [0.3, 0.4) is 0 Å². The monoisotopic (exact) mass is 354 g/mol. The lowest BCUT2D eigenvalue weighted by molar-refractivity contribution is -0.131. The van der Waals surface area contributed by atoms with E-state index in [1.165, 1.54) is 15.9 Å². The highest BCUT2D eigenvalue weighted by atomic mass is 32.2. The number of rotatable bonds is 4. The Hall–Kier alpha value is -2.04. The molecule has 1 N–H and O–H groups in total. The fourth-order valence-electron chi connectivity index (χ4n) is 3.55. The van der Waals surface area contributed by atoms with Gasteiger partial charge in [0.05, 0.1) is 11.0 Å². The third-order valence-electron chi connectivity index (χ3n) is 5.02. The van der Waals surface area contributed by atoms with Crippen molar-refractivity contribution in [3.63, 3.8) is 0 Å². The third-order valence-corrected chi connectivity index (χ3v) is 7.26. The van der Waals surface area contributed by atoms with Crippen molar-refractivity contribution in [1.29, 1.82) is 0 Å². The summed E-state index contributed by atoms with van der Waals surface area (Å²) in [5.74, 6) is -0.523. The van der Waals surface area contributed by atoms with Crippen LogP contribution in [0.5, 0.6) is 0 Å². The Kier molecular flexibility index (Phi) is 3.55. The normalized spacial score (nSPS) is 31.0. The number of fused-ring (bicyclic) bond motifs is 1. The van der Waals surface area contributed by atoms with Gasteiger partial charge in [0.1, 0.15) is 12.9 Å². The number of nitrogens with one attached hydrogen (secondary N) is 1. The van der Waals surface area contributed by atoms with Gasteiger partial charge in [-0.25, -0.2) is 13.1 Å². The van der Waals surface area contributed by atoms with Crippen LogP contribution in [0, 0.1) is 11.8 Å². The standard InChI is InChI=1S/C13H18N6O4S/c20-12(5-19-7-14-16-17-19)18-3-9-10(15-13(21)8-1-2-8)6-24(22,23)11(9)4-18/h7-11H,1-6H2,(H,15,21)/t9-,10+,11-/m0/s1. The maximum absolute atomic E-state index is 12.4. The Morgan fingerprint density at radius 1 is 1.25 bits per heavy atom. The van der Waals surface area contributed by atoms with Crippen LogP contribution in [-0.4, -0.2) is 75.5 Å². The number of sulfone groups is 1. The molecule has 0 unspecified atom stereocenters. The predicted octanol–water partition coefficient (Wildman–Crippen LogP) is -2.18. The van der Waals surface area contributed by atoms with Crippen molar-refractivity contribution in [1.82, 2.24) is 30.4 Å². The summed E-state index contributed by atoms with van der Waals surface area (Å²) >= 11 is 0. The molecule has 3 heterocycles. The lowest BCUT2D eigenvalue weighted by Crippen LogP contribution is -2.43. The second-order valence-corrected chi connectivity index (χ2v) is 8.99. The second-order valence-electron chi connectivity index (χ2n) is 6.73. The van der Waals surface area contributed by atoms with Gasteiger partial charge >= 0.3 is 0 Å². The Morgan fingerprint density at radius 2 is 2.04 bits per heavy atom. The first-order valence-corrected chi connectivity index (χ1v) is 9.66. The van der Waals surface area contributed by atoms with E-state index >= 15 is 0 Å². The third kappa shape index (κ3) is 2.76. The first kappa shape index (κ1) is 15.5. The van der Waals surface area contributed by atoms with Gasteiger partial charge in [0, 0.05) is 31.0 Å². The SMILES string of the molecule is O=C(N[C@@H]1CS(=O)(=O)[C@H]2CN(C(=O)Cn3cnnn3)C[C@@H]12)C1CC1. The zero-order valence-corrected chi connectivity index (χ0v) is 13.7. The molecule has 1 aromatic heterocycles. The van der Waals surface area contributed by atoms with Gasteiger partial charge in [-0.1, -0.05) is 0 Å². The Balaban J connectivity index is 1.45. The number of likely N-dealkylation sites (tertiary alicyclic amines) is 1. The Morgan fingerprint density at radius 3 is 2.71 bits per heavy atom. The van der Waals surface area contributed by atoms with Crippen LogP contribution in [0.1, 0.15) is 12.8 Å². The van der Waals surface area contributed by atoms with E-state index in [0.717, 1.165) is 12.8 Å². The largest absolute Gasteiger partial charge is 0.352 e. The lowest BCUT2D eigenvalue weighted by Gasteiger charge is -2.21. The van der Waals surface area contributed by atoms with E-state index in [-0.39, 0.29) is 42.5 Å². The molecule has 11 heteroatoms. The number of carbonyl (C=O) groups is 2. The molecular formula is C13H18N6O4S. The van der Waals surface area contributed by atoms with Crippen molar-refractivity contribution in [3.8, 4) is 0 Å². The van der Waals surface area contributed by atoms with Crippen molar-refractivity contribution in [3.05, 3.63) is 6.33 Å². The van der Waals surface area contributed by atoms with Crippen LogP contribution in [-0.2, 0) is 26.0 Å². The summed E-state index contributed by atoms with van der Waals surface area (Å²) in [6.45, 7) is 0.482. The van der Waals surface area contributed by atoms with Crippen molar-refractivity contribution in [2.24, 2.45) is 11.8 Å². The summed E-state index contributed by atoms with van der Waals surface area (Å²) in [4.78, 5) is 25.8. The van der Waals surface area contributed by atoms with Gasteiger partial charge in [-0.2, -0.15) is 0 Å². The average molecular weight is 354 g/mol. The molecule has 1 saturated carbocycles. The molecule has 2 aliphatic heterocycles. The molecule has 0 radical (unpaired) electrons. The van der Waals surface area contributed by atoms with Gasteiger partial charge in [-0.3, -0.25) is 9.59 Å². The molecule has 0 aromatic carbocycles. The molecule has 4 rings (SSSR count). The number of tetrazole rings is 1. The number of nitrogens with zero attached hydrogens (tertiary/aromatic N) is 5. The molecule has 1 aliphatic carbocycles. The molecule has 3 atom stereocenters. The fourth-order valence-corrected chi connectivity index (χ4v) is 5.85. The van der Waals surface area contributed by atoms with Crippen LogP contribution < -0.4 is 5.32 Å². The maximum atomic E-state index is 12.4. The average Bonchev–Trinajstić information content (AvgIpc) is 2.98. The Bertz CT molecular complexity index is 759. The van der Waals surface area contributed by atoms with E-state index in [2.05, 4.69) is 20.8 Å². The van der Waals surface area contributed by atoms with Crippen molar-refractivity contribution in [2.45, 2.75) is 30.7 Å². The van der Waals surface area contributed by atoms with Gasteiger partial charge < -0.3 is 10.2 Å². The highest BCUT2D eigenvalue weighted by molar-refractivity contribution is 7.92. The molecule has 1 aromatic rings. The zero-order chi connectivity index (χ0) is 16.9. The summed E-state index contributed by atoms with van der Waals surface area (Å²) in [7, 11) is -3.31. The summed E-state index contributed by atoms with van der Waals surface area (Å²) in [6.07, 6.45) is 3.08. The van der Waals surface area contributed by atoms with Crippen LogP contribution >= 0.6 is 0 Å².